The number of carbonyl (C=O) groups excluding carboxylic acids is 1. The monoisotopic (exact) mass is 297 g/mol. The number of amides is 1. The van der Waals surface area contributed by atoms with E-state index < -0.39 is 0 Å². The minimum absolute atomic E-state index is 0.130. The Balaban J connectivity index is 2.13. The van der Waals surface area contributed by atoms with Gasteiger partial charge in [-0.2, -0.15) is 5.10 Å². The van der Waals surface area contributed by atoms with Crippen LogP contribution in [0.15, 0.2) is 24.3 Å². The van der Waals surface area contributed by atoms with Crippen LogP contribution in [0.2, 0.25) is 0 Å². The Morgan fingerprint density at radius 2 is 2.00 bits per heavy atom. The number of rotatable bonds is 4. The van der Waals surface area contributed by atoms with Gasteiger partial charge in [0, 0.05) is 29.6 Å². The molecule has 2 aromatic rings. The fraction of sp³-hybridized carbons (Fsp3) is 0.333. The van der Waals surface area contributed by atoms with Gasteiger partial charge in [0.1, 0.15) is 0 Å². The lowest BCUT2D eigenvalue weighted by atomic mass is 10.1. The molecule has 1 aromatic carbocycles. The highest BCUT2D eigenvalue weighted by atomic mass is 16.1. The van der Waals surface area contributed by atoms with Crippen molar-refractivity contribution in [3.8, 4) is 0 Å². The van der Waals surface area contributed by atoms with E-state index in [1.54, 1.807) is 6.08 Å². The van der Waals surface area contributed by atoms with E-state index in [0.717, 1.165) is 34.7 Å². The predicted molar refractivity (Wildman–Crippen MR) is 91.0 cm³/mol. The third-order valence-corrected chi connectivity index (χ3v) is 3.78. The molecule has 0 aliphatic carbocycles. The topological polar surface area (TPSA) is 46.9 Å². The highest BCUT2D eigenvalue weighted by Gasteiger charge is 2.08. The van der Waals surface area contributed by atoms with Crippen LogP contribution in [-0.4, -0.2) is 15.7 Å². The molecule has 1 heterocycles. The third kappa shape index (κ3) is 3.45. The van der Waals surface area contributed by atoms with E-state index >= 15 is 0 Å². The second kappa shape index (κ2) is 6.60. The molecule has 0 fully saturated rings. The van der Waals surface area contributed by atoms with Crippen LogP contribution in [0, 0.1) is 27.7 Å². The average Bonchev–Trinajstić information content (AvgIpc) is 2.74. The molecule has 22 heavy (non-hydrogen) atoms. The first-order chi connectivity index (χ1) is 10.4. The maximum absolute atomic E-state index is 12.1. The summed E-state index contributed by atoms with van der Waals surface area (Å²) in [6.07, 6.45) is 3.40. The van der Waals surface area contributed by atoms with Gasteiger partial charge >= 0.3 is 0 Å². The van der Waals surface area contributed by atoms with E-state index in [1.807, 2.05) is 50.6 Å². The van der Waals surface area contributed by atoms with Gasteiger partial charge in [0.05, 0.1) is 5.69 Å². The summed E-state index contributed by atoms with van der Waals surface area (Å²) in [6.45, 7) is 10.9. The van der Waals surface area contributed by atoms with Crippen LogP contribution in [0.3, 0.4) is 0 Å². The molecule has 116 valence electrons. The molecule has 0 radical (unpaired) electrons. The summed E-state index contributed by atoms with van der Waals surface area (Å²) in [5.74, 6) is -0.130. The Hall–Kier alpha value is -2.36. The van der Waals surface area contributed by atoms with Crippen molar-refractivity contribution in [2.45, 2.75) is 41.2 Å². The van der Waals surface area contributed by atoms with Crippen LogP contribution in [0.4, 0.5) is 5.69 Å². The van der Waals surface area contributed by atoms with Gasteiger partial charge in [0.15, 0.2) is 0 Å². The second-order valence-electron chi connectivity index (χ2n) is 5.54. The number of aromatic nitrogens is 2. The van der Waals surface area contributed by atoms with Crippen LogP contribution in [0.1, 0.15) is 35.0 Å². The molecule has 4 heteroatoms. The molecule has 4 nitrogen and oxygen atoms in total. The average molecular weight is 297 g/mol. The summed E-state index contributed by atoms with van der Waals surface area (Å²) in [5.41, 5.74) is 6.12. The number of nitrogens with one attached hydrogen (secondary N) is 1. The molecule has 1 aromatic heterocycles. The maximum Gasteiger partial charge on any atom is 0.248 e. The predicted octanol–water partition coefficient (Wildman–Crippen LogP) is 3.79. The fourth-order valence-corrected chi connectivity index (χ4v) is 2.55. The van der Waals surface area contributed by atoms with Gasteiger partial charge in [0.2, 0.25) is 5.91 Å². The van der Waals surface area contributed by atoms with Gasteiger partial charge < -0.3 is 5.32 Å². The van der Waals surface area contributed by atoms with Gasteiger partial charge in [-0.1, -0.05) is 17.7 Å². The zero-order valence-electron chi connectivity index (χ0n) is 13.9. The smallest absolute Gasteiger partial charge is 0.248 e. The first-order valence-corrected chi connectivity index (χ1v) is 7.52. The van der Waals surface area contributed by atoms with Gasteiger partial charge in [0.25, 0.3) is 0 Å². The highest BCUT2D eigenvalue weighted by Crippen LogP contribution is 2.17. The minimum atomic E-state index is -0.130. The number of carbonyl (C=O) groups is 1. The summed E-state index contributed by atoms with van der Waals surface area (Å²) < 4.78 is 1.94. The maximum atomic E-state index is 12.1. The molecule has 0 spiro atoms. The van der Waals surface area contributed by atoms with Crippen molar-refractivity contribution in [1.82, 2.24) is 9.78 Å². The molecular formula is C18H23N3O. The summed E-state index contributed by atoms with van der Waals surface area (Å²) in [6, 6.07) is 5.98. The van der Waals surface area contributed by atoms with Crippen molar-refractivity contribution >= 4 is 17.7 Å². The fourth-order valence-electron chi connectivity index (χ4n) is 2.55. The lowest BCUT2D eigenvalue weighted by molar-refractivity contribution is -0.111. The van der Waals surface area contributed by atoms with E-state index in [0.29, 0.717) is 0 Å². The van der Waals surface area contributed by atoms with Gasteiger partial charge in [-0.25, -0.2) is 0 Å². The van der Waals surface area contributed by atoms with E-state index in [1.165, 1.54) is 5.56 Å². The summed E-state index contributed by atoms with van der Waals surface area (Å²) in [5, 5.41) is 7.36. The summed E-state index contributed by atoms with van der Waals surface area (Å²) in [4.78, 5) is 12.1. The van der Waals surface area contributed by atoms with E-state index in [-0.39, 0.29) is 5.91 Å². The Morgan fingerprint density at radius 3 is 2.59 bits per heavy atom. The molecule has 0 aliphatic rings. The number of anilines is 1. The molecule has 0 atom stereocenters. The molecule has 2 rings (SSSR count). The summed E-state index contributed by atoms with van der Waals surface area (Å²) >= 11 is 0. The van der Waals surface area contributed by atoms with E-state index in [9.17, 15) is 4.79 Å². The molecule has 1 amide bonds. The number of aryl methyl sites for hydroxylation is 4. The number of nitrogens with zero attached hydrogens (tertiary/aromatic N) is 2. The first-order valence-electron chi connectivity index (χ1n) is 7.52. The highest BCUT2D eigenvalue weighted by molar-refractivity contribution is 6.02. The molecular weight excluding hydrogens is 274 g/mol. The Labute approximate surface area is 131 Å². The van der Waals surface area contributed by atoms with Crippen LogP contribution in [-0.2, 0) is 11.3 Å². The van der Waals surface area contributed by atoms with Crippen LogP contribution in [0.5, 0.6) is 0 Å². The zero-order chi connectivity index (χ0) is 16.3. The second-order valence-corrected chi connectivity index (χ2v) is 5.54. The quantitative estimate of drug-likeness (QED) is 0.873. The molecule has 0 saturated heterocycles. The lowest BCUT2D eigenvalue weighted by Gasteiger charge is -2.07. The Morgan fingerprint density at radius 1 is 1.27 bits per heavy atom. The number of benzene rings is 1. The van der Waals surface area contributed by atoms with E-state index in [2.05, 4.69) is 23.4 Å². The van der Waals surface area contributed by atoms with E-state index in [4.69, 9.17) is 0 Å². The lowest BCUT2D eigenvalue weighted by Crippen LogP contribution is -2.09. The van der Waals surface area contributed by atoms with Crippen LogP contribution < -0.4 is 5.32 Å². The zero-order valence-corrected chi connectivity index (χ0v) is 13.9. The van der Waals surface area contributed by atoms with Crippen molar-refractivity contribution in [2.75, 3.05) is 5.32 Å². The van der Waals surface area contributed by atoms with Crippen molar-refractivity contribution in [3.05, 3.63) is 52.4 Å². The third-order valence-electron chi connectivity index (χ3n) is 3.78. The Kier molecular flexibility index (Phi) is 4.81. The van der Waals surface area contributed by atoms with Crippen LogP contribution >= 0.6 is 0 Å². The molecule has 0 aliphatic heterocycles. The van der Waals surface area contributed by atoms with Crippen molar-refractivity contribution in [3.63, 3.8) is 0 Å². The molecule has 1 N–H and O–H groups in total. The van der Waals surface area contributed by atoms with Crippen molar-refractivity contribution in [1.29, 1.82) is 0 Å². The Bertz CT molecular complexity index is 726. The molecule has 0 unspecified atom stereocenters. The normalized spacial score (nSPS) is 11.1. The molecule has 0 bridgehead atoms. The van der Waals surface area contributed by atoms with Crippen molar-refractivity contribution in [2.24, 2.45) is 0 Å². The summed E-state index contributed by atoms with van der Waals surface area (Å²) in [7, 11) is 0. The van der Waals surface area contributed by atoms with Gasteiger partial charge in [-0.15, -0.1) is 0 Å². The molecule has 0 saturated carbocycles. The first kappa shape index (κ1) is 16.0. The van der Waals surface area contributed by atoms with Gasteiger partial charge in [-0.05, 0) is 52.3 Å². The number of hydrogen-bond donors (Lipinski definition) is 1. The largest absolute Gasteiger partial charge is 0.322 e. The minimum Gasteiger partial charge on any atom is -0.322 e. The standard InChI is InChI=1S/C18H23N3O/c1-6-21-15(5)16(14(4)20-21)8-10-18(22)19-17-9-7-12(2)11-13(17)3/h7-11H,6H2,1-5H3,(H,19,22). The number of hydrogen-bond acceptors (Lipinski definition) is 2. The van der Waals surface area contributed by atoms with Gasteiger partial charge in [-0.3, -0.25) is 9.48 Å². The SMILES string of the molecule is CCn1nc(C)c(C=CC(=O)Nc2ccc(C)cc2C)c1C. The van der Waals surface area contributed by atoms with Crippen LogP contribution in [0.25, 0.3) is 6.08 Å². The van der Waals surface area contributed by atoms with Crippen molar-refractivity contribution < 1.29 is 4.79 Å².